The molecule has 0 radical (unpaired) electrons. The summed E-state index contributed by atoms with van der Waals surface area (Å²) in [5.41, 5.74) is 4.72. The van der Waals surface area contributed by atoms with Gasteiger partial charge in [-0.3, -0.25) is 9.48 Å². The molecule has 2 rings (SSSR count). The molecule has 5 heteroatoms. The first-order valence-corrected chi connectivity index (χ1v) is 6.98. The van der Waals surface area contributed by atoms with Gasteiger partial charge in [0.2, 0.25) is 0 Å². The Kier molecular flexibility index (Phi) is 4.45. The molecule has 0 saturated heterocycles. The molecule has 0 aliphatic carbocycles. The van der Waals surface area contributed by atoms with E-state index >= 15 is 0 Å². The van der Waals surface area contributed by atoms with Crippen LogP contribution in [0.4, 0.5) is 0 Å². The number of alkyl halides is 1. The van der Waals surface area contributed by atoms with Crippen molar-refractivity contribution >= 4 is 17.5 Å². The Morgan fingerprint density at radius 3 is 2.45 bits per heavy atom. The summed E-state index contributed by atoms with van der Waals surface area (Å²) in [6.45, 7) is 4.43. The van der Waals surface area contributed by atoms with E-state index in [-0.39, 0.29) is 5.91 Å². The summed E-state index contributed by atoms with van der Waals surface area (Å²) in [5.74, 6) is 0.365. The van der Waals surface area contributed by atoms with Crippen LogP contribution in [0.15, 0.2) is 24.3 Å². The van der Waals surface area contributed by atoms with Crippen molar-refractivity contribution in [2.45, 2.75) is 26.3 Å². The molecule has 0 aliphatic heterocycles. The number of hydrogen-bond donors (Lipinski definition) is 1. The Morgan fingerprint density at radius 2 is 1.95 bits per heavy atom. The van der Waals surface area contributed by atoms with Gasteiger partial charge in [0.1, 0.15) is 0 Å². The first-order chi connectivity index (χ1) is 9.52. The van der Waals surface area contributed by atoms with Crippen LogP contribution in [0.3, 0.4) is 0 Å². The zero-order chi connectivity index (χ0) is 14.7. The van der Waals surface area contributed by atoms with Crippen LogP contribution < -0.4 is 5.32 Å². The van der Waals surface area contributed by atoms with Crippen molar-refractivity contribution < 1.29 is 4.79 Å². The van der Waals surface area contributed by atoms with Crippen LogP contribution in [-0.4, -0.2) is 15.7 Å². The Bertz CT molecular complexity index is 617. The summed E-state index contributed by atoms with van der Waals surface area (Å²) in [7, 11) is 1.90. The lowest BCUT2D eigenvalue weighted by Gasteiger charge is -2.06. The third-order valence-electron chi connectivity index (χ3n) is 3.46. The van der Waals surface area contributed by atoms with Crippen molar-refractivity contribution in [3.8, 4) is 0 Å². The lowest BCUT2D eigenvalue weighted by atomic mass is 10.1. The van der Waals surface area contributed by atoms with Crippen molar-refractivity contribution in [1.29, 1.82) is 0 Å². The predicted octanol–water partition coefficient (Wildman–Crippen LogP) is 2.71. The minimum Gasteiger partial charge on any atom is -0.348 e. The smallest absolute Gasteiger partial charge is 0.251 e. The summed E-state index contributed by atoms with van der Waals surface area (Å²) < 4.78 is 1.83. The molecule has 0 saturated carbocycles. The molecule has 0 spiro atoms. The fourth-order valence-corrected chi connectivity index (χ4v) is 2.27. The van der Waals surface area contributed by atoms with Crippen molar-refractivity contribution in [3.05, 3.63) is 52.3 Å². The molecule has 0 unspecified atom stereocenters. The monoisotopic (exact) mass is 291 g/mol. The van der Waals surface area contributed by atoms with Crippen LogP contribution >= 0.6 is 11.6 Å². The standard InChI is InChI=1S/C15H18ClN3O/c1-10-14(11(2)19(3)18-10)9-17-15(20)13-6-4-12(8-16)5-7-13/h4-7H,8-9H2,1-3H3,(H,17,20). The summed E-state index contributed by atoms with van der Waals surface area (Å²) in [6, 6.07) is 7.30. The second-order valence-corrected chi connectivity index (χ2v) is 5.05. The number of nitrogens with one attached hydrogen (secondary N) is 1. The van der Waals surface area contributed by atoms with Gasteiger partial charge in [0.25, 0.3) is 5.91 Å². The number of aromatic nitrogens is 2. The molecule has 106 valence electrons. The number of carbonyl (C=O) groups excluding carboxylic acids is 1. The third kappa shape index (κ3) is 3.02. The van der Waals surface area contributed by atoms with Gasteiger partial charge in [-0.25, -0.2) is 0 Å². The Labute approximate surface area is 123 Å². The van der Waals surface area contributed by atoms with Gasteiger partial charge in [-0.1, -0.05) is 12.1 Å². The molecular formula is C15H18ClN3O. The van der Waals surface area contributed by atoms with Crippen LogP contribution in [0.25, 0.3) is 0 Å². The van der Waals surface area contributed by atoms with E-state index in [1.165, 1.54) is 0 Å². The highest BCUT2D eigenvalue weighted by Gasteiger charge is 2.11. The molecule has 20 heavy (non-hydrogen) atoms. The second-order valence-electron chi connectivity index (χ2n) is 4.79. The van der Waals surface area contributed by atoms with Gasteiger partial charge < -0.3 is 5.32 Å². The molecule has 1 heterocycles. The SMILES string of the molecule is Cc1nn(C)c(C)c1CNC(=O)c1ccc(CCl)cc1. The zero-order valence-electron chi connectivity index (χ0n) is 11.9. The molecule has 0 atom stereocenters. The summed E-state index contributed by atoms with van der Waals surface area (Å²) in [6.07, 6.45) is 0. The molecule has 1 aromatic heterocycles. The van der Waals surface area contributed by atoms with Crippen molar-refractivity contribution in [1.82, 2.24) is 15.1 Å². The van der Waals surface area contributed by atoms with Crippen LogP contribution in [0.1, 0.15) is 32.9 Å². The average Bonchev–Trinajstić information content (AvgIpc) is 2.70. The highest BCUT2D eigenvalue weighted by atomic mass is 35.5. The van der Waals surface area contributed by atoms with Crippen LogP contribution in [0, 0.1) is 13.8 Å². The largest absolute Gasteiger partial charge is 0.348 e. The highest BCUT2D eigenvalue weighted by molar-refractivity contribution is 6.17. The zero-order valence-corrected chi connectivity index (χ0v) is 12.7. The van der Waals surface area contributed by atoms with E-state index in [1.807, 2.05) is 37.7 Å². The molecular weight excluding hydrogens is 274 g/mol. The van der Waals surface area contributed by atoms with Gasteiger partial charge in [0, 0.05) is 36.3 Å². The Morgan fingerprint density at radius 1 is 1.30 bits per heavy atom. The average molecular weight is 292 g/mol. The number of rotatable bonds is 4. The number of aryl methyl sites for hydroxylation is 2. The number of amides is 1. The fraction of sp³-hybridized carbons (Fsp3) is 0.333. The van der Waals surface area contributed by atoms with Crippen molar-refractivity contribution in [3.63, 3.8) is 0 Å². The number of hydrogen-bond acceptors (Lipinski definition) is 2. The Hall–Kier alpha value is -1.81. The Balaban J connectivity index is 2.04. The van der Waals surface area contributed by atoms with Gasteiger partial charge in [-0.05, 0) is 31.5 Å². The maximum absolute atomic E-state index is 12.1. The van der Waals surface area contributed by atoms with Crippen molar-refractivity contribution in [2.24, 2.45) is 7.05 Å². The van der Waals surface area contributed by atoms with Gasteiger partial charge in [-0.2, -0.15) is 5.10 Å². The number of benzene rings is 1. The highest BCUT2D eigenvalue weighted by Crippen LogP contribution is 2.12. The first kappa shape index (κ1) is 14.6. The maximum Gasteiger partial charge on any atom is 0.251 e. The molecule has 2 aromatic rings. The molecule has 0 aliphatic rings. The fourth-order valence-electron chi connectivity index (χ4n) is 2.09. The summed E-state index contributed by atoms with van der Waals surface area (Å²) in [4.78, 5) is 12.1. The van der Waals surface area contributed by atoms with Gasteiger partial charge >= 0.3 is 0 Å². The van der Waals surface area contributed by atoms with E-state index in [0.29, 0.717) is 18.0 Å². The predicted molar refractivity (Wildman–Crippen MR) is 79.9 cm³/mol. The lowest BCUT2D eigenvalue weighted by Crippen LogP contribution is -2.23. The molecule has 0 bridgehead atoms. The molecule has 1 amide bonds. The molecule has 1 N–H and O–H groups in total. The van der Waals surface area contributed by atoms with E-state index in [0.717, 1.165) is 22.5 Å². The number of halogens is 1. The van der Waals surface area contributed by atoms with E-state index in [1.54, 1.807) is 12.1 Å². The van der Waals surface area contributed by atoms with Crippen LogP contribution in [-0.2, 0) is 19.5 Å². The van der Waals surface area contributed by atoms with Crippen molar-refractivity contribution in [2.75, 3.05) is 0 Å². The summed E-state index contributed by atoms with van der Waals surface area (Å²) in [5, 5.41) is 7.26. The molecule has 1 aromatic carbocycles. The minimum absolute atomic E-state index is 0.0891. The summed E-state index contributed by atoms with van der Waals surface area (Å²) >= 11 is 5.73. The van der Waals surface area contributed by atoms with Crippen LogP contribution in [0.2, 0.25) is 0 Å². The normalized spacial score (nSPS) is 10.6. The van der Waals surface area contributed by atoms with Gasteiger partial charge in [0.05, 0.1) is 5.69 Å². The van der Waals surface area contributed by atoms with E-state index in [4.69, 9.17) is 11.6 Å². The molecule has 4 nitrogen and oxygen atoms in total. The quantitative estimate of drug-likeness (QED) is 0.881. The van der Waals surface area contributed by atoms with E-state index in [2.05, 4.69) is 10.4 Å². The van der Waals surface area contributed by atoms with Gasteiger partial charge in [-0.15, -0.1) is 11.6 Å². The van der Waals surface area contributed by atoms with E-state index < -0.39 is 0 Å². The number of nitrogens with zero attached hydrogens (tertiary/aromatic N) is 2. The minimum atomic E-state index is -0.0891. The third-order valence-corrected chi connectivity index (χ3v) is 3.76. The van der Waals surface area contributed by atoms with Crippen LogP contribution in [0.5, 0.6) is 0 Å². The number of carbonyl (C=O) groups is 1. The van der Waals surface area contributed by atoms with Gasteiger partial charge in [0.15, 0.2) is 0 Å². The van der Waals surface area contributed by atoms with E-state index in [9.17, 15) is 4.79 Å². The topological polar surface area (TPSA) is 46.9 Å². The second kappa shape index (κ2) is 6.09. The first-order valence-electron chi connectivity index (χ1n) is 6.45. The molecule has 0 fully saturated rings. The maximum atomic E-state index is 12.1. The lowest BCUT2D eigenvalue weighted by molar-refractivity contribution is 0.0951.